The number of anilines is 1. The van der Waals surface area contributed by atoms with Gasteiger partial charge in [0, 0.05) is 12.6 Å². The molecule has 1 amide bonds. The first-order valence-corrected chi connectivity index (χ1v) is 9.06. The molecule has 0 saturated carbocycles. The normalized spacial score (nSPS) is 10.8. The highest BCUT2D eigenvalue weighted by Gasteiger charge is 2.10. The number of benzene rings is 3. The molecule has 0 aliphatic rings. The van der Waals surface area contributed by atoms with Crippen LogP contribution < -0.4 is 16.6 Å². The summed E-state index contributed by atoms with van der Waals surface area (Å²) in [5.74, 6) is -0.219. The van der Waals surface area contributed by atoms with Crippen molar-refractivity contribution < 1.29 is 4.79 Å². The summed E-state index contributed by atoms with van der Waals surface area (Å²) in [5.41, 5.74) is 0.806. The number of aromatic nitrogens is 3. The largest absolute Gasteiger partial charge is 0.352 e. The number of hydrogen-bond donors (Lipinski definition) is 1. The molecule has 1 N–H and O–H groups in total. The second kappa shape index (κ2) is 7.55. The van der Waals surface area contributed by atoms with E-state index >= 15 is 0 Å². The Morgan fingerprint density at radius 3 is 2.55 bits per heavy atom. The Labute approximate surface area is 165 Å². The Balaban J connectivity index is 1.74. The smallest absolute Gasteiger partial charge is 0.326 e. The molecule has 0 atom stereocenters. The van der Waals surface area contributed by atoms with E-state index < -0.39 is 11.2 Å². The monoisotopic (exact) mass is 386 g/mol. The summed E-state index contributed by atoms with van der Waals surface area (Å²) >= 11 is 0. The van der Waals surface area contributed by atoms with Crippen molar-refractivity contribution in [1.29, 1.82) is 0 Å². The standard InChI is InChI=1S/C22H18N4O3/c1-15(27)24-19-7-4-8-20(12-19)26-22(29)25(21(28)13-23-26)14-16-9-10-17-5-2-3-6-18(17)11-16/h2-13H,14H2,1H3,(H,24,27). The van der Waals surface area contributed by atoms with Gasteiger partial charge in [0.1, 0.15) is 6.20 Å². The number of fused-ring (bicyclic) bond motifs is 1. The highest BCUT2D eigenvalue weighted by molar-refractivity contribution is 5.88. The molecule has 0 radical (unpaired) electrons. The maximum Gasteiger partial charge on any atom is 0.352 e. The van der Waals surface area contributed by atoms with E-state index in [1.807, 2.05) is 42.5 Å². The fraction of sp³-hybridized carbons (Fsp3) is 0.0909. The predicted octanol–water partition coefficient (Wildman–Crippen LogP) is 2.55. The molecule has 0 bridgehead atoms. The van der Waals surface area contributed by atoms with Gasteiger partial charge in [-0.2, -0.15) is 9.78 Å². The SMILES string of the molecule is CC(=O)Nc1cccc(-n2ncc(=O)n(Cc3ccc4ccccc4c3)c2=O)c1. The number of nitrogens with zero attached hydrogens (tertiary/aromatic N) is 3. The number of carbonyl (C=O) groups excluding carboxylic acids is 1. The van der Waals surface area contributed by atoms with Gasteiger partial charge in [0.15, 0.2) is 0 Å². The van der Waals surface area contributed by atoms with Crippen LogP contribution in [0.3, 0.4) is 0 Å². The summed E-state index contributed by atoms with van der Waals surface area (Å²) in [7, 11) is 0. The maximum atomic E-state index is 13.0. The van der Waals surface area contributed by atoms with Gasteiger partial charge in [0.25, 0.3) is 5.56 Å². The van der Waals surface area contributed by atoms with Gasteiger partial charge in [-0.1, -0.05) is 42.5 Å². The van der Waals surface area contributed by atoms with E-state index in [2.05, 4.69) is 10.4 Å². The van der Waals surface area contributed by atoms with Crippen LogP contribution in [0.4, 0.5) is 5.69 Å². The molecule has 0 saturated heterocycles. The Hall–Kier alpha value is -4.00. The molecule has 1 heterocycles. The van der Waals surface area contributed by atoms with E-state index in [1.54, 1.807) is 24.3 Å². The van der Waals surface area contributed by atoms with E-state index in [1.165, 1.54) is 6.92 Å². The number of hydrogen-bond acceptors (Lipinski definition) is 4. The van der Waals surface area contributed by atoms with Gasteiger partial charge in [0.05, 0.1) is 12.2 Å². The topological polar surface area (TPSA) is 86.0 Å². The highest BCUT2D eigenvalue weighted by atomic mass is 16.2. The van der Waals surface area contributed by atoms with Crippen LogP contribution in [0.2, 0.25) is 0 Å². The summed E-state index contributed by atoms with van der Waals surface area (Å²) in [6, 6.07) is 20.4. The van der Waals surface area contributed by atoms with Gasteiger partial charge < -0.3 is 5.32 Å². The fourth-order valence-corrected chi connectivity index (χ4v) is 3.20. The predicted molar refractivity (Wildman–Crippen MR) is 111 cm³/mol. The van der Waals surface area contributed by atoms with Gasteiger partial charge >= 0.3 is 5.69 Å². The van der Waals surface area contributed by atoms with Crippen molar-refractivity contribution in [1.82, 2.24) is 14.3 Å². The third-order valence-corrected chi connectivity index (χ3v) is 4.53. The van der Waals surface area contributed by atoms with Crippen LogP contribution in [0.25, 0.3) is 16.5 Å². The molecule has 7 nitrogen and oxygen atoms in total. The molecule has 1 aromatic heterocycles. The quantitative estimate of drug-likeness (QED) is 0.584. The zero-order valence-electron chi connectivity index (χ0n) is 15.7. The second-order valence-electron chi connectivity index (χ2n) is 6.68. The van der Waals surface area contributed by atoms with Crippen LogP contribution in [0.5, 0.6) is 0 Å². The minimum absolute atomic E-state index is 0.135. The second-order valence-corrected chi connectivity index (χ2v) is 6.68. The van der Waals surface area contributed by atoms with E-state index in [4.69, 9.17) is 0 Å². The molecule has 7 heteroatoms. The molecule has 0 unspecified atom stereocenters. The van der Waals surface area contributed by atoms with E-state index in [0.717, 1.165) is 31.8 Å². The Morgan fingerprint density at radius 2 is 1.76 bits per heavy atom. The van der Waals surface area contributed by atoms with Crippen LogP contribution >= 0.6 is 0 Å². The van der Waals surface area contributed by atoms with Crippen LogP contribution in [0.1, 0.15) is 12.5 Å². The van der Waals surface area contributed by atoms with Crippen LogP contribution in [-0.4, -0.2) is 20.3 Å². The van der Waals surface area contributed by atoms with Crippen LogP contribution in [0, 0.1) is 0 Å². The lowest BCUT2D eigenvalue weighted by atomic mass is 10.1. The van der Waals surface area contributed by atoms with Crippen molar-refractivity contribution in [3.63, 3.8) is 0 Å². The molecule has 3 aromatic carbocycles. The summed E-state index contributed by atoms with van der Waals surface area (Å²) < 4.78 is 2.29. The van der Waals surface area contributed by atoms with Crippen molar-refractivity contribution in [2.45, 2.75) is 13.5 Å². The van der Waals surface area contributed by atoms with E-state index in [-0.39, 0.29) is 12.5 Å². The summed E-state index contributed by atoms with van der Waals surface area (Å²) in [5, 5.41) is 8.77. The van der Waals surface area contributed by atoms with Crippen molar-refractivity contribution in [2.24, 2.45) is 0 Å². The van der Waals surface area contributed by atoms with Crippen molar-refractivity contribution in [2.75, 3.05) is 5.32 Å². The molecule has 29 heavy (non-hydrogen) atoms. The van der Waals surface area contributed by atoms with Gasteiger partial charge in [-0.15, -0.1) is 0 Å². The number of carbonyl (C=O) groups is 1. The van der Waals surface area contributed by atoms with E-state index in [0.29, 0.717) is 11.4 Å². The zero-order chi connectivity index (χ0) is 20.4. The molecule has 0 aliphatic heterocycles. The van der Waals surface area contributed by atoms with Crippen molar-refractivity contribution in [3.05, 3.63) is 99.3 Å². The summed E-state index contributed by atoms with van der Waals surface area (Å²) in [6.45, 7) is 1.54. The van der Waals surface area contributed by atoms with Gasteiger partial charge in [0.2, 0.25) is 5.91 Å². The summed E-state index contributed by atoms with van der Waals surface area (Å²) in [6.07, 6.45) is 1.12. The number of amides is 1. The Bertz CT molecular complexity index is 1340. The molecule has 0 aliphatic carbocycles. The third-order valence-electron chi connectivity index (χ3n) is 4.53. The first-order valence-electron chi connectivity index (χ1n) is 9.06. The Morgan fingerprint density at radius 1 is 0.966 bits per heavy atom. The lowest BCUT2D eigenvalue weighted by Crippen LogP contribution is -2.40. The van der Waals surface area contributed by atoms with Gasteiger partial charge in [-0.05, 0) is 40.6 Å². The molecule has 144 valence electrons. The molecular weight excluding hydrogens is 368 g/mol. The first-order chi connectivity index (χ1) is 14.0. The van der Waals surface area contributed by atoms with Crippen molar-refractivity contribution in [3.8, 4) is 5.69 Å². The van der Waals surface area contributed by atoms with Gasteiger partial charge in [-0.3, -0.25) is 14.2 Å². The fourth-order valence-electron chi connectivity index (χ4n) is 3.20. The minimum Gasteiger partial charge on any atom is -0.326 e. The average Bonchev–Trinajstić information content (AvgIpc) is 2.71. The number of nitrogens with one attached hydrogen (secondary N) is 1. The maximum absolute atomic E-state index is 13.0. The molecular formula is C22H18N4O3. The van der Waals surface area contributed by atoms with Gasteiger partial charge in [-0.25, -0.2) is 4.79 Å². The molecule has 0 fully saturated rings. The molecule has 0 spiro atoms. The van der Waals surface area contributed by atoms with Crippen molar-refractivity contribution >= 4 is 22.4 Å². The lowest BCUT2D eigenvalue weighted by Gasteiger charge is -2.11. The third kappa shape index (κ3) is 3.84. The highest BCUT2D eigenvalue weighted by Crippen LogP contribution is 2.16. The first kappa shape index (κ1) is 18.4. The van der Waals surface area contributed by atoms with Crippen LogP contribution in [-0.2, 0) is 11.3 Å². The minimum atomic E-state index is -0.550. The summed E-state index contributed by atoms with van der Waals surface area (Å²) in [4.78, 5) is 36.6. The Kier molecular flexibility index (Phi) is 4.78. The molecule has 4 rings (SSSR count). The lowest BCUT2D eigenvalue weighted by molar-refractivity contribution is -0.114. The zero-order valence-corrected chi connectivity index (χ0v) is 15.7. The average molecular weight is 386 g/mol. The van der Waals surface area contributed by atoms with Crippen LogP contribution in [0.15, 0.2) is 82.5 Å². The number of rotatable bonds is 4. The molecule has 4 aromatic rings. The van der Waals surface area contributed by atoms with E-state index in [9.17, 15) is 14.4 Å².